The van der Waals surface area contributed by atoms with E-state index in [2.05, 4.69) is 0 Å². The van der Waals surface area contributed by atoms with Gasteiger partial charge < -0.3 is 14.6 Å². The van der Waals surface area contributed by atoms with Gasteiger partial charge in [-0.2, -0.15) is 0 Å². The van der Waals surface area contributed by atoms with Gasteiger partial charge in [0.2, 0.25) is 0 Å². The van der Waals surface area contributed by atoms with Crippen LogP contribution < -0.4 is 9.47 Å². The first-order valence-corrected chi connectivity index (χ1v) is 4.52. The lowest BCUT2D eigenvalue weighted by Crippen LogP contribution is -2.18. The third-order valence-corrected chi connectivity index (χ3v) is 2.16. The van der Waals surface area contributed by atoms with Crippen LogP contribution in [0.25, 0.3) is 0 Å². The number of carboxylic acid groups (broad SMARTS) is 1. The van der Waals surface area contributed by atoms with E-state index in [1.54, 1.807) is 0 Å². The Morgan fingerprint density at radius 2 is 2.12 bits per heavy atom. The quantitative estimate of drug-likeness (QED) is 0.619. The van der Waals surface area contributed by atoms with Gasteiger partial charge >= 0.3 is 5.97 Å². The van der Waals surface area contributed by atoms with Crippen LogP contribution in [0.4, 0.5) is 10.1 Å². The number of hydrogen-bond donors (Lipinski definition) is 1. The Morgan fingerprint density at radius 3 is 2.71 bits per heavy atom. The smallest absolute Gasteiger partial charge is 0.345 e. The van der Waals surface area contributed by atoms with E-state index in [1.807, 2.05) is 0 Å². The summed E-state index contributed by atoms with van der Waals surface area (Å²) in [5, 5.41) is 19.4. The first-order valence-electron chi connectivity index (χ1n) is 4.52. The maximum atomic E-state index is 13.7. The van der Waals surface area contributed by atoms with Crippen molar-refractivity contribution in [2.75, 3.05) is 13.2 Å². The molecule has 1 aliphatic heterocycles. The molecule has 1 heterocycles. The first-order chi connectivity index (χ1) is 8.02. The summed E-state index contributed by atoms with van der Waals surface area (Å²) in [6, 6.07) is 0.848. The number of halogens is 1. The molecule has 0 unspecified atom stereocenters. The molecule has 0 bridgehead atoms. The molecule has 2 rings (SSSR count). The van der Waals surface area contributed by atoms with Crippen LogP contribution >= 0.6 is 0 Å². The fourth-order valence-corrected chi connectivity index (χ4v) is 1.48. The Balaban J connectivity index is 2.72. The van der Waals surface area contributed by atoms with Crippen molar-refractivity contribution in [3.05, 3.63) is 27.6 Å². The largest absolute Gasteiger partial charge is 0.486 e. The van der Waals surface area contributed by atoms with Gasteiger partial charge in [0.25, 0.3) is 5.69 Å². The minimum atomic E-state index is -1.73. The van der Waals surface area contributed by atoms with Gasteiger partial charge in [0, 0.05) is 0 Å². The molecule has 0 aromatic heterocycles. The van der Waals surface area contributed by atoms with Crippen molar-refractivity contribution in [1.29, 1.82) is 0 Å². The lowest BCUT2D eigenvalue weighted by atomic mass is 10.1. The number of nitro groups is 1. The lowest BCUT2D eigenvalue weighted by molar-refractivity contribution is -0.385. The van der Waals surface area contributed by atoms with Crippen LogP contribution in [-0.2, 0) is 0 Å². The van der Waals surface area contributed by atoms with E-state index >= 15 is 0 Å². The summed E-state index contributed by atoms with van der Waals surface area (Å²) >= 11 is 0. The van der Waals surface area contributed by atoms with Crippen molar-refractivity contribution in [1.82, 2.24) is 0 Å². The number of aromatic carboxylic acids is 1. The monoisotopic (exact) mass is 243 g/mol. The predicted octanol–water partition coefficient (Wildman–Crippen LogP) is 1.20. The average molecular weight is 243 g/mol. The van der Waals surface area contributed by atoms with Crippen molar-refractivity contribution in [3.8, 4) is 11.5 Å². The van der Waals surface area contributed by atoms with Crippen LogP contribution in [0, 0.1) is 15.9 Å². The molecular weight excluding hydrogens is 237 g/mol. The summed E-state index contributed by atoms with van der Waals surface area (Å²) in [6.07, 6.45) is 0. The molecule has 0 saturated carbocycles. The molecule has 0 amide bonds. The number of nitrogens with zero attached hydrogens (tertiary/aromatic N) is 1. The van der Waals surface area contributed by atoms with Gasteiger partial charge in [0.15, 0.2) is 22.9 Å². The predicted molar refractivity (Wildman–Crippen MR) is 51.0 cm³/mol. The van der Waals surface area contributed by atoms with Crippen LogP contribution in [0.15, 0.2) is 6.07 Å². The van der Waals surface area contributed by atoms with Crippen LogP contribution in [0.2, 0.25) is 0 Å². The third-order valence-electron chi connectivity index (χ3n) is 2.16. The Bertz CT molecular complexity index is 515. The van der Waals surface area contributed by atoms with Crippen molar-refractivity contribution in [3.63, 3.8) is 0 Å². The van der Waals surface area contributed by atoms with E-state index in [0.717, 1.165) is 6.07 Å². The van der Waals surface area contributed by atoms with Gasteiger partial charge in [-0.15, -0.1) is 0 Å². The summed E-state index contributed by atoms with van der Waals surface area (Å²) < 4.78 is 23.6. The van der Waals surface area contributed by atoms with Crippen LogP contribution in [0.3, 0.4) is 0 Å². The van der Waals surface area contributed by atoms with Gasteiger partial charge in [-0.25, -0.2) is 9.18 Å². The van der Waals surface area contributed by atoms with E-state index in [9.17, 15) is 19.3 Å². The van der Waals surface area contributed by atoms with Crippen molar-refractivity contribution >= 4 is 11.7 Å². The van der Waals surface area contributed by atoms with Gasteiger partial charge in [-0.05, 0) is 0 Å². The first kappa shape index (κ1) is 11.1. The molecule has 0 radical (unpaired) electrons. The van der Waals surface area contributed by atoms with Crippen molar-refractivity contribution in [2.24, 2.45) is 0 Å². The minimum absolute atomic E-state index is 0.0563. The zero-order valence-electron chi connectivity index (χ0n) is 8.31. The van der Waals surface area contributed by atoms with Crippen LogP contribution in [0.1, 0.15) is 10.4 Å². The Morgan fingerprint density at radius 1 is 1.47 bits per heavy atom. The van der Waals surface area contributed by atoms with Gasteiger partial charge in [0.05, 0.1) is 11.0 Å². The summed E-state index contributed by atoms with van der Waals surface area (Å²) in [6.45, 7) is 0.177. The van der Waals surface area contributed by atoms with Crippen LogP contribution in [-0.4, -0.2) is 29.2 Å². The molecule has 0 saturated heterocycles. The lowest BCUT2D eigenvalue weighted by Gasteiger charge is -2.19. The molecule has 17 heavy (non-hydrogen) atoms. The Kier molecular flexibility index (Phi) is 2.54. The van der Waals surface area contributed by atoms with Gasteiger partial charge in [-0.3, -0.25) is 10.1 Å². The summed E-state index contributed by atoms with van der Waals surface area (Å²) in [4.78, 5) is 20.5. The molecule has 90 valence electrons. The number of benzene rings is 1. The highest BCUT2D eigenvalue weighted by molar-refractivity contribution is 5.94. The molecule has 0 aliphatic carbocycles. The number of fused-ring (bicyclic) bond motifs is 1. The molecule has 1 aliphatic rings. The fourth-order valence-electron chi connectivity index (χ4n) is 1.48. The standard InChI is InChI=1S/C9H6FNO6/c10-7-6(9(12)13)4(11(14)15)3-5-8(7)17-2-1-16-5/h3H,1-2H2,(H,12,13). The molecule has 8 heteroatoms. The number of ether oxygens (including phenoxy) is 2. The highest BCUT2D eigenvalue weighted by Crippen LogP contribution is 2.39. The number of hydrogen-bond acceptors (Lipinski definition) is 5. The highest BCUT2D eigenvalue weighted by Gasteiger charge is 2.32. The fraction of sp³-hybridized carbons (Fsp3) is 0.222. The third kappa shape index (κ3) is 1.73. The molecule has 1 aromatic rings. The van der Waals surface area contributed by atoms with E-state index in [0.29, 0.717) is 0 Å². The maximum Gasteiger partial charge on any atom is 0.345 e. The summed E-state index contributed by atoms with van der Waals surface area (Å²) in [5.74, 6) is -3.59. The van der Waals surface area contributed by atoms with Gasteiger partial charge in [-0.1, -0.05) is 0 Å². The molecular formula is C9H6FNO6. The van der Waals surface area contributed by atoms with Crippen molar-refractivity contribution < 1.29 is 28.7 Å². The second kappa shape index (κ2) is 3.89. The van der Waals surface area contributed by atoms with E-state index in [1.165, 1.54) is 0 Å². The normalized spacial score (nSPS) is 13.2. The number of nitro benzene ring substituents is 1. The minimum Gasteiger partial charge on any atom is -0.486 e. The zero-order valence-corrected chi connectivity index (χ0v) is 8.31. The number of carboxylic acids is 1. The second-order valence-corrected chi connectivity index (χ2v) is 3.17. The summed E-state index contributed by atoms with van der Waals surface area (Å²) in [5.41, 5.74) is -1.89. The van der Waals surface area contributed by atoms with E-state index in [4.69, 9.17) is 14.6 Å². The molecule has 0 fully saturated rings. The molecule has 1 aromatic carbocycles. The average Bonchev–Trinajstić information content (AvgIpc) is 2.28. The topological polar surface area (TPSA) is 98.9 Å². The van der Waals surface area contributed by atoms with E-state index in [-0.39, 0.29) is 19.0 Å². The molecule has 7 nitrogen and oxygen atoms in total. The zero-order chi connectivity index (χ0) is 12.6. The molecule has 1 N–H and O–H groups in total. The second-order valence-electron chi connectivity index (χ2n) is 3.17. The van der Waals surface area contributed by atoms with Crippen molar-refractivity contribution in [2.45, 2.75) is 0 Å². The number of carbonyl (C=O) groups is 1. The highest BCUT2D eigenvalue weighted by atomic mass is 19.1. The van der Waals surface area contributed by atoms with Crippen LogP contribution in [0.5, 0.6) is 11.5 Å². The SMILES string of the molecule is O=C(O)c1c([N+](=O)[O-])cc2c(c1F)OCCO2. The van der Waals surface area contributed by atoms with Gasteiger partial charge in [0.1, 0.15) is 13.2 Å². The summed E-state index contributed by atoms with van der Waals surface area (Å²) in [7, 11) is 0. The Hall–Kier alpha value is -2.38. The molecule has 0 spiro atoms. The Labute approximate surface area is 93.5 Å². The number of rotatable bonds is 2. The van der Waals surface area contributed by atoms with E-state index < -0.39 is 33.7 Å². The molecule has 0 atom stereocenters. The maximum absolute atomic E-state index is 13.7.